The number of piperidine rings is 2. The lowest BCUT2D eigenvalue weighted by atomic mass is 9.78. The molecule has 0 aromatic rings. The third-order valence-electron chi connectivity index (χ3n) is 6.09. The number of nitrogens with zero attached hydrogens (tertiary/aromatic N) is 2. The number of hydrogen-bond donors (Lipinski definition) is 0. The molecule has 2 atom stereocenters. The summed E-state index contributed by atoms with van der Waals surface area (Å²) in [6, 6.07) is -0.0399. The topological polar surface area (TPSA) is 59.1 Å². The number of carbonyl (C=O) groups excluding carboxylic acids is 2. The summed E-state index contributed by atoms with van der Waals surface area (Å²) in [5, 5.41) is 0. The molecule has 2 aliphatic heterocycles. The maximum atomic E-state index is 12.3. The van der Waals surface area contributed by atoms with Crippen molar-refractivity contribution in [3.05, 3.63) is 0 Å². The van der Waals surface area contributed by atoms with Crippen LogP contribution in [-0.2, 0) is 14.3 Å². The lowest BCUT2D eigenvalue weighted by molar-refractivity contribution is -0.148. The Hall–Kier alpha value is -1.30. The van der Waals surface area contributed by atoms with Gasteiger partial charge >= 0.3 is 12.1 Å². The Labute approximate surface area is 151 Å². The van der Waals surface area contributed by atoms with Crippen molar-refractivity contribution in [2.45, 2.75) is 76.9 Å². The van der Waals surface area contributed by atoms with Crippen LogP contribution in [0.5, 0.6) is 0 Å². The molecule has 2 heterocycles. The highest BCUT2D eigenvalue weighted by Crippen LogP contribution is 2.39. The minimum atomic E-state index is -0.305. The van der Waals surface area contributed by atoms with E-state index in [1.807, 2.05) is 0 Å². The molecule has 2 rings (SSSR count). The minimum Gasteiger partial charge on any atom is -0.469 e. The van der Waals surface area contributed by atoms with Crippen LogP contribution in [0.3, 0.4) is 0 Å². The molecule has 0 spiro atoms. The molecule has 2 aliphatic rings. The summed E-state index contributed by atoms with van der Waals surface area (Å²) in [5.41, 5.74) is 0.142. The molecule has 2 saturated heterocycles. The Morgan fingerprint density at radius 3 is 2.16 bits per heavy atom. The van der Waals surface area contributed by atoms with Gasteiger partial charge in [0.2, 0.25) is 0 Å². The Bertz CT molecular complexity index is 488. The normalized spacial score (nSPS) is 29.1. The summed E-state index contributed by atoms with van der Waals surface area (Å²) in [7, 11) is 2.85. The van der Waals surface area contributed by atoms with E-state index in [-0.39, 0.29) is 35.1 Å². The number of amides is 1. The average molecular weight is 354 g/mol. The van der Waals surface area contributed by atoms with Crippen molar-refractivity contribution < 1.29 is 19.1 Å². The standard InChI is InChI=1S/C19H34N2O4/c1-18(2)9-7-10-19(3,4)21(18)13-15-12-14(16(22)24-5)8-11-20(15)17(23)25-6/h14-15H,7-13H2,1-6H3. The molecule has 0 aromatic carbocycles. The fourth-order valence-corrected chi connectivity index (χ4v) is 4.71. The first-order valence-electron chi connectivity index (χ1n) is 9.32. The molecule has 2 fully saturated rings. The van der Waals surface area contributed by atoms with Crippen molar-refractivity contribution in [3.8, 4) is 0 Å². The predicted octanol–water partition coefficient (Wildman–Crippen LogP) is 3.05. The average Bonchev–Trinajstić information content (AvgIpc) is 2.56. The molecule has 0 aromatic heterocycles. The van der Waals surface area contributed by atoms with E-state index in [4.69, 9.17) is 9.47 Å². The molecule has 0 aliphatic carbocycles. The minimum absolute atomic E-state index is 0.0399. The smallest absolute Gasteiger partial charge is 0.409 e. The lowest BCUT2D eigenvalue weighted by Crippen LogP contribution is -2.63. The zero-order valence-electron chi connectivity index (χ0n) is 16.6. The van der Waals surface area contributed by atoms with Crippen LogP contribution in [0.1, 0.15) is 59.8 Å². The quantitative estimate of drug-likeness (QED) is 0.729. The number of likely N-dealkylation sites (tertiary alicyclic amines) is 2. The molecular weight excluding hydrogens is 320 g/mol. The fourth-order valence-electron chi connectivity index (χ4n) is 4.71. The predicted molar refractivity (Wildman–Crippen MR) is 96.4 cm³/mol. The van der Waals surface area contributed by atoms with Gasteiger partial charge in [-0.25, -0.2) is 4.79 Å². The van der Waals surface area contributed by atoms with Gasteiger partial charge < -0.3 is 14.4 Å². The third-order valence-corrected chi connectivity index (χ3v) is 6.09. The third kappa shape index (κ3) is 4.27. The number of ether oxygens (including phenoxy) is 2. The van der Waals surface area contributed by atoms with E-state index >= 15 is 0 Å². The van der Waals surface area contributed by atoms with Crippen LogP contribution < -0.4 is 0 Å². The van der Waals surface area contributed by atoms with Crippen LogP contribution in [0.2, 0.25) is 0 Å². The summed E-state index contributed by atoms with van der Waals surface area (Å²) >= 11 is 0. The molecule has 2 unspecified atom stereocenters. The Kier molecular flexibility index (Phi) is 6.02. The van der Waals surface area contributed by atoms with E-state index in [1.165, 1.54) is 20.6 Å². The van der Waals surface area contributed by atoms with E-state index in [0.29, 0.717) is 19.4 Å². The number of esters is 1. The Morgan fingerprint density at radius 1 is 1.04 bits per heavy atom. The number of methoxy groups -OCH3 is 2. The molecule has 1 amide bonds. The fraction of sp³-hybridized carbons (Fsp3) is 0.895. The molecule has 0 bridgehead atoms. The first kappa shape index (κ1) is 20.0. The molecule has 0 saturated carbocycles. The van der Waals surface area contributed by atoms with Crippen molar-refractivity contribution in [1.29, 1.82) is 0 Å². The van der Waals surface area contributed by atoms with Crippen molar-refractivity contribution in [2.24, 2.45) is 5.92 Å². The monoisotopic (exact) mass is 354 g/mol. The van der Waals surface area contributed by atoms with Gasteiger partial charge in [0.1, 0.15) is 0 Å². The summed E-state index contributed by atoms with van der Waals surface area (Å²) < 4.78 is 9.93. The van der Waals surface area contributed by atoms with Gasteiger partial charge in [-0.1, -0.05) is 0 Å². The molecule has 6 nitrogen and oxygen atoms in total. The largest absolute Gasteiger partial charge is 0.469 e. The van der Waals surface area contributed by atoms with E-state index in [2.05, 4.69) is 32.6 Å². The van der Waals surface area contributed by atoms with Crippen LogP contribution >= 0.6 is 0 Å². The lowest BCUT2D eigenvalue weighted by Gasteiger charge is -2.55. The molecule has 25 heavy (non-hydrogen) atoms. The van der Waals surface area contributed by atoms with Crippen LogP contribution in [0.4, 0.5) is 4.79 Å². The summed E-state index contributed by atoms with van der Waals surface area (Å²) in [4.78, 5) is 28.6. The van der Waals surface area contributed by atoms with Gasteiger partial charge in [0.05, 0.1) is 20.1 Å². The van der Waals surface area contributed by atoms with Crippen molar-refractivity contribution in [2.75, 3.05) is 27.3 Å². The van der Waals surface area contributed by atoms with Gasteiger partial charge in [-0.3, -0.25) is 9.69 Å². The molecule has 0 radical (unpaired) electrons. The number of hydrogen-bond acceptors (Lipinski definition) is 5. The second-order valence-corrected chi connectivity index (χ2v) is 8.65. The molecular formula is C19H34N2O4. The van der Waals surface area contributed by atoms with E-state index in [9.17, 15) is 9.59 Å². The maximum absolute atomic E-state index is 12.3. The molecule has 6 heteroatoms. The number of carbonyl (C=O) groups is 2. The van der Waals surface area contributed by atoms with E-state index in [0.717, 1.165) is 19.4 Å². The van der Waals surface area contributed by atoms with Gasteiger partial charge in [-0.05, 0) is 59.8 Å². The molecule has 0 N–H and O–H groups in total. The molecule has 144 valence electrons. The van der Waals surface area contributed by atoms with Crippen molar-refractivity contribution in [3.63, 3.8) is 0 Å². The van der Waals surface area contributed by atoms with Crippen LogP contribution in [0.15, 0.2) is 0 Å². The van der Waals surface area contributed by atoms with Gasteiger partial charge in [-0.2, -0.15) is 0 Å². The maximum Gasteiger partial charge on any atom is 0.409 e. The van der Waals surface area contributed by atoms with E-state index in [1.54, 1.807) is 4.90 Å². The highest BCUT2D eigenvalue weighted by molar-refractivity contribution is 5.73. The van der Waals surface area contributed by atoms with Gasteiger partial charge in [0.25, 0.3) is 0 Å². The van der Waals surface area contributed by atoms with Gasteiger partial charge in [0, 0.05) is 30.2 Å². The van der Waals surface area contributed by atoms with E-state index < -0.39 is 0 Å². The van der Waals surface area contributed by atoms with Crippen LogP contribution in [0, 0.1) is 5.92 Å². The van der Waals surface area contributed by atoms with Crippen molar-refractivity contribution >= 4 is 12.1 Å². The second-order valence-electron chi connectivity index (χ2n) is 8.65. The first-order chi connectivity index (χ1) is 11.6. The SMILES string of the molecule is COC(=O)C1CCN(C(=O)OC)C(CN2C(C)(C)CCCC2(C)C)C1. The van der Waals surface area contributed by atoms with Crippen LogP contribution in [-0.4, -0.2) is 66.3 Å². The second kappa shape index (κ2) is 7.52. The summed E-state index contributed by atoms with van der Waals surface area (Å²) in [6.07, 6.45) is 4.45. The Morgan fingerprint density at radius 2 is 1.64 bits per heavy atom. The van der Waals surface area contributed by atoms with Crippen molar-refractivity contribution in [1.82, 2.24) is 9.80 Å². The summed E-state index contributed by atoms with van der Waals surface area (Å²) in [5.74, 6) is -0.321. The zero-order valence-corrected chi connectivity index (χ0v) is 16.6. The highest BCUT2D eigenvalue weighted by Gasteiger charge is 2.45. The van der Waals surface area contributed by atoms with Gasteiger partial charge in [0.15, 0.2) is 0 Å². The first-order valence-corrected chi connectivity index (χ1v) is 9.32. The summed E-state index contributed by atoms with van der Waals surface area (Å²) in [6.45, 7) is 10.4. The number of rotatable bonds is 3. The van der Waals surface area contributed by atoms with Crippen LogP contribution in [0.25, 0.3) is 0 Å². The van der Waals surface area contributed by atoms with Gasteiger partial charge in [-0.15, -0.1) is 0 Å². The zero-order chi connectivity index (χ0) is 18.8. The Balaban J connectivity index is 2.23. The highest BCUT2D eigenvalue weighted by atomic mass is 16.5.